The first-order valence-corrected chi connectivity index (χ1v) is 13.3. The van der Waals surface area contributed by atoms with Crippen molar-refractivity contribution in [3.05, 3.63) is 58.6 Å². The number of ether oxygens (including phenoxy) is 1. The maximum atomic E-state index is 12.8. The normalized spacial score (nSPS) is 18.5. The molecule has 0 saturated carbocycles. The van der Waals surface area contributed by atoms with Gasteiger partial charge in [0.25, 0.3) is 0 Å². The number of hydrogen-bond acceptors (Lipinski definition) is 5. The van der Waals surface area contributed by atoms with Crippen molar-refractivity contribution in [2.45, 2.75) is 18.6 Å². The molecule has 2 aromatic rings. The van der Waals surface area contributed by atoms with E-state index < -0.39 is 10.0 Å². The van der Waals surface area contributed by atoms with Crippen molar-refractivity contribution in [2.24, 2.45) is 5.92 Å². The predicted octanol–water partition coefficient (Wildman–Crippen LogP) is 3.47. The highest BCUT2D eigenvalue weighted by Gasteiger charge is 2.31. The Hall–Kier alpha value is -1.94. The molecule has 2 aliphatic heterocycles. The number of piperidine rings is 1. The first-order valence-electron chi connectivity index (χ1n) is 10.9. The number of morpholine rings is 1. The van der Waals surface area contributed by atoms with Gasteiger partial charge in [0.05, 0.1) is 19.0 Å². The fourth-order valence-corrected chi connectivity index (χ4v) is 6.14. The molecular weight excluding hydrogens is 494 g/mol. The Morgan fingerprint density at radius 2 is 1.72 bits per heavy atom. The second kappa shape index (κ2) is 10.3. The average Bonchev–Trinajstić information content (AvgIpc) is 2.80. The Kier molecular flexibility index (Phi) is 7.50. The van der Waals surface area contributed by atoms with Crippen LogP contribution in [0, 0.1) is 5.92 Å². The van der Waals surface area contributed by atoms with Crippen LogP contribution in [-0.2, 0) is 25.3 Å². The monoisotopic (exact) mass is 521 g/mol. The van der Waals surface area contributed by atoms with Crippen LogP contribution in [0.25, 0.3) is 0 Å². The third-order valence-electron chi connectivity index (χ3n) is 5.97. The summed E-state index contributed by atoms with van der Waals surface area (Å²) in [6.45, 7) is 3.93. The number of nitrogens with zero attached hydrogens (tertiary/aromatic N) is 2. The summed E-state index contributed by atoms with van der Waals surface area (Å²) in [4.78, 5) is 15.0. The minimum absolute atomic E-state index is 0.0290. The molecule has 0 aromatic heterocycles. The number of benzene rings is 2. The third kappa shape index (κ3) is 5.89. The van der Waals surface area contributed by atoms with Gasteiger partial charge in [-0.2, -0.15) is 0 Å². The lowest BCUT2D eigenvalue weighted by atomic mass is 9.97. The van der Waals surface area contributed by atoms with E-state index in [-0.39, 0.29) is 17.6 Å². The van der Waals surface area contributed by atoms with Crippen molar-refractivity contribution in [2.75, 3.05) is 49.6 Å². The minimum Gasteiger partial charge on any atom is -0.378 e. The SMILES string of the molecule is O=C(Nc1ccc(N2CCOCC2)cc1)C1CCN(S(=O)(=O)Cc2cccc(Br)c2)CC1. The largest absolute Gasteiger partial charge is 0.378 e. The fourth-order valence-electron chi connectivity index (χ4n) is 4.15. The number of sulfonamides is 1. The van der Waals surface area contributed by atoms with Crippen molar-refractivity contribution >= 4 is 43.2 Å². The number of carbonyl (C=O) groups is 1. The van der Waals surface area contributed by atoms with Gasteiger partial charge in [0.15, 0.2) is 0 Å². The molecular formula is C23H28BrN3O4S. The molecule has 9 heteroatoms. The van der Waals surface area contributed by atoms with Gasteiger partial charge >= 0.3 is 0 Å². The van der Waals surface area contributed by atoms with E-state index in [4.69, 9.17) is 4.74 Å². The Morgan fingerprint density at radius 3 is 2.38 bits per heavy atom. The molecule has 2 saturated heterocycles. The summed E-state index contributed by atoms with van der Waals surface area (Å²) in [6.07, 6.45) is 1.05. The Labute approximate surface area is 197 Å². The Balaban J connectivity index is 1.28. The van der Waals surface area contributed by atoms with E-state index in [0.29, 0.717) is 25.9 Å². The lowest BCUT2D eigenvalue weighted by Crippen LogP contribution is -2.41. The highest BCUT2D eigenvalue weighted by Crippen LogP contribution is 2.25. The van der Waals surface area contributed by atoms with Gasteiger partial charge in [-0.15, -0.1) is 0 Å². The number of halogens is 1. The molecule has 0 spiro atoms. The number of hydrogen-bond donors (Lipinski definition) is 1. The van der Waals surface area contributed by atoms with Crippen LogP contribution in [0.5, 0.6) is 0 Å². The zero-order chi connectivity index (χ0) is 22.6. The summed E-state index contributed by atoms with van der Waals surface area (Å²) < 4.78 is 33.3. The first kappa shape index (κ1) is 23.2. The maximum Gasteiger partial charge on any atom is 0.227 e. The number of anilines is 2. The molecule has 0 radical (unpaired) electrons. The van der Waals surface area contributed by atoms with Crippen LogP contribution in [0.1, 0.15) is 18.4 Å². The first-order chi connectivity index (χ1) is 15.4. The van der Waals surface area contributed by atoms with Crippen LogP contribution < -0.4 is 10.2 Å². The number of nitrogens with one attached hydrogen (secondary N) is 1. The van der Waals surface area contributed by atoms with E-state index >= 15 is 0 Å². The van der Waals surface area contributed by atoms with Crippen molar-refractivity contribution in [1.82, 2.24) is 4.31 Å². The number of amides is 1. The highest BCUT2D eigenvalue weighted by atomic mass is 79.9. The standard InChI is InChI=1S/C23H28BrN3O4S/c24-20-3-1-2-18(16-20)17-32(29,30)27-10-8-19(9-11-27)23(28)25-21-4-6-22(7-5-21)26-12-14-31-15-13-26/h1-7,16,19H,8-15,17H2,(H,25,28). The summed E-state index contributed by atoms with van der Waals surface area (Å²) in [5.74, 6) is -0.266. The third-order valence-corrected chi connectivity index (χ3v) is 8.31. The van der Waals surface area contributed by atoms with Crippen molar-refractivity contribution in [3.63, 3.8) is 0 Å². The van der Waals surface area contributed by atoms with E-state index in [0.717, 1.165) is 47.7 Å². The van der Waals surface area contributed by atoms with Gasteiger partial charge in [0.2, 0.25) is 15.9 Å². The lowest BCUT2D eigenvalue weighted by Gasteiger charge is -2.31. The number of carbonyl (C=O) groups excluding carboxylic acids is 1. The molecule has 0 atom stereocenters. The van der Waals surface area contributed by atoms with Crippen molar-refractivity contribution in [3.8, 4) is 0 Å². The zero-order valence-electron chi connectivity index (χ0n) is 17.9. The number of rotatable bonds is 6. The quantitative estimate of drug-likeness (QED) is 0.629. The average molecular weight is 522 g/mol. The van der Waals surface area contributed by atoms with Crippen LogP contribution >= 0.6 is 15.9 Å². The molecule has 4 rings (SSSR count). The smallest absolute Gasteiger partial charge is 0.227 e. The molecule has 2 aliphatic rings. The summed E-state index contributed by atoms with van der Waals surface area (Å²) in [6, 6.07) is 15.2. The summed E-state index contributed by atoms with van der Waals surface area (Å²) in [5, 5.41) is 2.99. The summed E-state index contributed by atoms with van der Waals surface area (Å²) in [7, 11) is -3.41. The molecule has 2 fully saturated rings. The fraction of sp³-hybridized carbons (Fsp3) is 0.435. The second-order valence-electron chi connectivity index (χ2n) is 8.20. The van der Waals surface area contributed by atoms with Crippen molar-refractivity contribution in [1.29, 1.82) is 0 Å². The van der Waals surface area contributed by atoms with E-state index in [9.17, 15) is 13.2 Å². The van der Waals surface area contributed by atoms with E-state index in [1.165, 1.54) is 4.31 Å². The zero-order valence-corrected chi connectivity index (χ0v) is 20.3. The van der Waals surface area contributed by atoms with Gasteiger partial charge in [-0.25, -0.2) is 12.7 Å². The molecule has 0 aliphatic carbocycles. The van der Waals surface area contributed by atoms with E-state index in [2.05, 4.69) is 26.1 Å². The molecule has 1 N–H and O–H groups in total. The lowest BCUT2D eigenvalue weighted by molar-refractivity contribution is -0.120. The maximum absolute atomic E-state index is 12.8. The van der Waals surface area contributed by atoms with E-state index in [1.54, 1.807) is 0 Å². The molecule has 2 aromatic carbocycles. The van der Waals surface area contributed by atoms with Gasteiger partial charge < -0.3 is 15.0 Å². The van der Waals surface area contributed by atoms with Crippen LogP contribution in [0.2, 0.25) is 0 Å². The van der Waals surface area contributed by atoms with E-state index in [1.807, 2.05) is 48.5 Å². The second-order valence-corrected chi connectivity index (χ2v) is 11.1. The predicted molar refractivity (Wildman–Crippen MR) is 129 cm³/mol. The molecule has 7 nitrogen and oxygen atoms in total. The van der Waals surface area contributed by atoms with Gasteiger partial charge in [-0.1, -0.05) is 28.1 Å². The Bertz CT molecular complexity index is 1030. The summed E-state index contributed by atoms with van der Waals surface area (Å²) >= 11 is 3.38. The Morgan fingerprint density at radius 1 is 1.03 bits per heavy atom. The van der Waals surface area contributed by atoms with Crippen LogP contribution in [0.15, 0.2) is 53.0 Å². The molecule has 32 heavy (non-hydrogen) atoms. The highest BCUT2D eigenvalue weighted by molar-refractivity contribution is 9.10. The minimum atomic E-state index is -3.41. The summed E-state index contributed by atoms with van der Waals surface area (Å²) in [5.41, 5.74) is 2.63. The topological polar surface area (TPSA) is 79.0 Å². The van der Waals surface area contributed by atoms with Gasteiger partial charge in [0, 0.05) is 47.9 Å². The molecule has 0 bridgehead atoms. The van der Waals surface area contributed by atoms with Gasteiger partial charge in [0.1, 0.15) is 0 Å². The molecule has 172 valence electrons. The van der Waals surface area contributed by atoms with Gasteiger partial charge in [-0.05, 0) is 54.8 Å². The molecule has 2 heterocycles. The molecule has 1 amide bonds. The van der Waals surface area contributed by atoms with Crippen LogP contribution in [0.4, 0.5) is 11.4 Å². The molecule has 0 unspecified atom stereocenters. The van der Waals surface area contributed by atoms with Crippen LogP contribution in [0.3, 0.4) is 0 Å². The van der Waals surface area contributed by atoms with Crippen LogP contribution in [-0.4, -0.2) is 58.0 Å². The van der Waals surface area contributed by atoms with Crippen molar-refractivity contribution < 1.29 is 17.9 Å². The van der Waals surface area contributed by atoms with Gasteiger partial charge in [-0.3, -0.25) is 4.79 Å².